The monoisotopic (exact) mass is 413 g/mol. The zero-order chi connectivity index (χ0) is 20.0. The number of imidazole rings is 1. The zero-order valence-electron chi connectivity index (χ0n) is 16.7. The van der Waals surface area contributed by atoms with E-state index in [0.29, 0.717) is 23.9 Å². The van der Waals surface area contributed by atoms with Crippen LogP contribution in [-0.2, 0) is 18.6 Å². The molecule has 3 atom stereocenters. The van der Waals surface area contributed by atoms with Gasteiger partial charge in [-0.2, -0.15) is 0 Å². The van der Waals surface area contributed by atoms with Gasteiger partial charge in [0.05, 0.1) is 11.3 Å². The lowest BCUT2D eigenvalue weighted by atomic mass is 9.66. The lowest BCUT2D eigenvalue weighted by molar-refractivity contribution is -0.110. The number of nitrogens with zero attached hydrogens (tertiary/aromatic N) is 3. The van der Waals surface area contributed by atoms with Crippen LogP contribution in [0, 0.1) is 5.92 Å². The fourth-order valence-electron chi connectivity index (χ4n) is 5.81. The third kappa shape index (κ3) is 3.10. The molecule has 3 heterocycles. The molecule has 3 aliphatic rings. The summed E-state index contributed by atoms with van der Waals surface area (Å²) in [6, 6.07) is 10.0. The minimum absolute atomic E-state index is 0.0212. The van der Waals surface area contributed by atoms with Gasteiger partial charge in [-0.3, -0.25) is 4.79 Å². The number of aromatic nitrogens is 2. The summed E-state index contributed by atoms with van der Waals surface area (Å²) in [7, 11) is 0. The molecule has 1 saturated heterocycles. The summed E-state index contributed by atoms with van der Waals surface area (Å²) < 4.78 is 2.03. The van der Waals surface area contributed by atoms with Crippen molar-refractivity contribution in [3.63, 3.8) is 0 Å². The maximum absolute atomic E-state index is 13.6. The Kier molecular flexibility index (Phi) is 4.91. The number of rotatable bonds is 2. The molecule has 1 N–H and O–H groups in total. The van der Waals surface area contributed by atoms with Crippen molar-refractivity contribution in [2.75, 3.05) is 6.54 Å². The van der Waals surface area contributed by atoms with Crippen LogP contribution in [0.3, 0.4) is 0 Å². The highest BCUT2D eigenvalue weighted by molar-refractivity contribution is 6.30. The summed E-state index contributed by atoms with van der Waals surface area (Å²) >= 11 is 6.37. The Hall–Kier alpha value is -1.85. The second-order valence-corrected chi connectivity index (χ2v) is 9.14. The second-order valence-electron chi connectivity index (χ2n) is 8.78. The van der Waals surface area contributed by atoms with Crippen LogP contribution in [0.15, 0.2) is 30.3 Å². The van der Waals surface area contributed by atoms with Crippen molar-refractivity contribution >= 4 is 17.5 Å². The first-order valence-electron chi connectivity index (χ1n) is 10.9. The maximum Gasteiger partial charge on any atom is 0.290 e. The van der Waals surface area contributed by atoms with E-state index in [1.807, 2.05) is 39.8 Å². The van der Waals surface area contributed by atoms with Gasteiger partial charge in [0.25, 0.3) is 5.91 Å². The van der Waals surface area contributed by atoms with E-state index in [2.05, 4.69) is 4.98 Å². The van der Waals surface area contributed by atoms with Crippen molar-refractivity contribution in [2.45, 2.75) is 69.6 Å². The van der Waals surface area contributed by atoms with Gasteiger partial charge in [-0.1, -0.05) is 54.8 Å². The molecule has 0 spiro atoms. The first-order chi connectivity index (χ1) is 14.1. The van der Waals surface area contributed by atoms with E-state index in [4.69, 9.17) is 11.6 Å². The van der Waals surface area contributed by atoms with E-state index in [9.17, 15) is 9.90 Å². The van der Waals surface area contributed by atoms with Crippen molar-refractivity contribution < 1.29 is 9.90 Å². The average molecular weight is 414 g/mol. The van der Waals surface area contributed by atoms with Crippen LogP contribution < -0.4 is 0 Å². The van der Waals surface area contributed by atoms with Gasteiger partial charge in [0.1, 0.15) is 0 Å². The van der Waals surface area contributed by atoms with Crippen molar-refractivity contribution in [1.29, 1.82) is 0 Å². The van der Waals surface area contributed by atoms with Crippen LogP contribution in [-0.4, -0.2) is 38.1 Å². The van der Waals surface area contributed by atoms with Gasteiger partial charge < -0.3 is 14.6 Å². The number of halogens is 1. The fourth-order valence-corrected chi connectivity index (χ4v) is 6.09. The number of hydrogen-bond acceptors (Lipinski definition) is 3. The molecule has 2 aromatic rings. The van der Waals surface area contributed by atoms with Crippen LogP contribution in [0.1, 0.15) is 66.8 Å². The first kappa shape index (κ1) is 19.1. The average Bonchev–Trinajstić information content (AvgIpc) is 3.11. The molecule has 1 aliphatic carbocycles. The highest BCUT2D eigenvalue weighted by Crippen LogP contribution is 2.47. The van der Waals surface area contributed by atoms with Crippen molar-refractivity contribution in [3.05, 3.63) is 52.6 Å². The van der Waals surface area contributed by atoms with E-state index >= 15 is 0 Å². The summed E-state index contributed by atoms with van der Waals surface area (Å²) in [4.78, 5) is 20.1. The maximum atomic E-state index is 13.6. The second kappa shape index (κ2) is 7.44. The van der Waals surface area contributed by atoms with Gasteiger partial charge in [0.15, 0.2) is 5.15 Å². The van der Waals surface area contributed by atoms with Gasteiger partial charge in [0.2, 0.25) is 5.82 Å². The number of aliphatic hydroxyl groups is 1. The predicted molar refractivity (Wildman–Crippen MR) is 112 cm³/mol. The van der Waals surface area contributed by atoms with E-state index < -0.39 is 5.60 Å². The summed E-state index contributed by atoms with van der Waals surface area (Å²) in [5, 5.41) is 12.2. The third-order valence-electron chi connectivity index (χ3n) is 7.27. The predicted octanol–water partition coefficient (Wildman–Crippen LogP) is 4.17. The van der Waals surface area contributed by atoms with E-state index in [1.165, 1.54) is 0 Å². The number of piperidine rings is 1. The van der Waals surface area contributed by atoms with Gasteiger partial charge in [-0.25, -0.2) is 4.98 Å². The number of carbonyl (C=O) groups is 1. The number of likely N-dealkylation sites (tertiary alicyclic amines) is 1. The molecule has 5 nitrogen and oxygen atoms in total. The minimum Gasteiger partial charge on any atom is -0.385 e. The highest BCUT2D eigenvalue weighted by Gasteiger charge is 2.50. The molecular weight excluding hydrogens is 386 g/mol. The molecule has 2 aliphatic heterocycles. The van der Waals surface area contributed by atoms with Crippen LogP contribution in [0.5, 0.6) is 0 Å². The van der Waals surface area contributed by atoms with E-state index in [1.54, 1.807) is 0 Å². The Morgan fingerprint density at radius 2 is 1.90 bits per heavy atom. The number of carbonyl (C=O) groups excluding carboxylic acids is 1. The number of fused-ring (bicyclic) bond motifs is 2. The zero-order valence-corrected chi connectivity index (χ0v) is 17.4. The molecule has 1 saturated carbocycles. The molecule has 29 heavy (non-hydrogen) atoms. The largest absolute Gasteiger partial charge is 0.385 e. The normalized spacial score (nSPS) is 29.2. The van der Waals surface area contributed by atoms with E-state index in [0.717, 1.165) is 62.7 Å². The smallest absolute Gasteiger partial charge is 0.290 e. The Morgan fingerprint density at radius 1 is 1.10 bits per heavy atom. The summed E-state index contributed by atoms with van der Waals surface area (Å²) in [6.07, 6.45) is 7.67. The number of benzene rings is 1. The quantitative estimate of drug-likeness (QED) is 0.803. The molecule has 5 rings (SSSR count). The molecular formula is C23H28ClN3O2. The highest BCUT2D eigenvalue weighted by atomic mass is 35.5. The fraction of sp³-hybridized carbons (Fsp3) is 0.565. The Morgan fingerprint density at radius 3 is 2.72 bits per heavy atom. The van der Waals surface area contributed by atoms with Crippen molar-refractivity contribution in [2.24, 2.45) is 5.92 Å². The third-order valence-corrected chi connectivity index (χ3v) is 7.57. The van der Waals surface area contributed by atoms with E-state index in [-0.39, 0.29) is 17.9 Å². The van der Waals surface area contributed by atoms with Crippen molar-refractivity contribution in [1.82, 2.24) is 14.5 Å². The standard InChI is InChI=1S/C23H28ClN3O2/c24-20-19-12-6-7-14-26(19)21(25-20)22(28)27-15-13-23(29,16-8-2-1-3-9-16)17-10-4-5-11-18(17)27/h1-3,8-9,17-18,29H,4-7,10-15H2. The molecule has 1 aromatic heterocycles. The van der Waals surface area contributed by atoms with Gasteiger partial charge in [-0.05, 0) is 44.1 Å². The molecule has 6 heteroatoms. The number of hydrogen-bond donors (Lipinski definition) is 1. The van der Waals surface area contributed by atoms with Crippen LogP contribution >= 0.6 is 11.6 Å². The van der Waals surface area contributed by atoms with Crippen LogP contribution in [0.2, 0.25) is 5.15 Å². The van der Waals surface area contributed by atoms with Gasteiger partial charge in [0, 0.05) is 25.0 Å². The number of amides is 1. The Balaban J connectivity index is 1.48. The summed E-state index contributed by atoms with van der Waals surface area (Å²) in [6.45, 7) is 1.36. The first-order valence-corrected chi connectivity index (χ1v) is 11.3. The minimum atomic E-state index is -0.868. The van der Waals surface area contributed by atoms with Crippen molar-refractivity contribution in [3.8, 4) is 0 Å². The molecule has 2 fully saturated rings. The summed E-state index contributed by atoms with van der Waals surface area (Å²) in [5.41, 5.74) is 1.11. The lowest BCUT2D eigenvalue weighted by Gasteiger charge is -2.52. The lowest BCUT2D eigenvalue weighted by Crippen LogP contribution is -2.59. The molecule has 1 amide bonds. The Labute approximate surface area is 176 Å². The van der Waals surface area contributed by atoms with Crippen LogP contribution in [0.25, 0.3) is 0 Å². The molecule has 1 aromatic carbocycles. The van der Waals surface area contributed by atoms with Crippen LogP contribution in [0.4, 0.5) is 0 Å². The SMILES string of the molecule is O=C(c1nc(Cl)c2n1CCCC2)N1CCC(O)(c2ccccc2)C2CCCCC21. The van der Waals surface area contributed by atoms with Gasteiger partial charge >= 0.3 is 0 Å². The summed E-state index contributed by atoms with van der Waals surface area (Å²) in [5.74, 6) is 0.522. The topological polar surface area (TPSA) is 58.4 Å². The molecule has 0 radical (unpaired) electrons. The molecule has 0 bridgehead atoms. The van der Waals surface area contributed by atoms with Gasteiger partial charge in [-0.15, -0.1) is 0 Å². The molecule has 154 valence electrons. The Bertz CT molecular complexity index is 912. The molecule has 3 unspecified atom stereocenters.